The van der Waals surface area contributed by atoms with Crippen molar-refractivity contribution in [3.8, 4) is 0 Å². The molecule has 0 aromatic heterocycles. The third kappa shape index (κ3) is 1.63. The maximum atomic E-state index is 5.67. The molecule has 0 N–H and O–H groups in total. The molecule has 2 aliphatic rings. The standard InChI is InChI=1S/C10H14O2/c1-11-9-4-2-3-5-10(9)12-8-6-7-8/h3,5,8H,2,4,6-7H2,1H3. The molecule has 2 rings (SSSR count). The van der Waals surface area contributed by atoms with Gasteiger partial charge in [-0.05, 0) is 25.3 Å². The van der Waals surface area contributed by atoms with Gasteiger partial charge in [0.2, 0.25) is 0 Å². The van der Waals surface area contributed by atoms with E-state index in [2.05, 4.69) is 6.08 Å². The van der Waals surface area contributed by atoms with E-state index in [1.165, 1.54) is 12.8 Å². The summed E-state index contributed by atoms with van der Waals surface area (Å²) in [5, 5.41) is 0. The molecule has 2 nitrogen and oxygen atoms in total. The van der Waals surface area contributed by atoms with Crippen LogP contribution >= 0.6 is 0 Å². The molecule has 0 heterocycles. The Hall–Kier alpha value is -0.920. The molecule has 0 aliphatic heterocycles. The SMILES string of the molecule is COC1=C(OC2CC2)C=CCC1. The summed E-state index contributed by atoms with van der Waals surface area (Å²) in [4.78, 5) is 0. The van der Waals surface area contributed by atoms with E-state index in [9.17, 15) is 0 Å². The van der Waals surface area contributed by atoms with Gasteiger partial charge in [0, 0.05) is 6.42 Å². The number of hydrogen-bond acceptors (Lipinski definition) is 2. The average Bonchev–Trinajstić information content (AvgIpc) is 2.89. The highest BCUT2D eigenvalue weighted by atomic mass is 16.5. The largest absolute Gasteiger partial charge is 0.497 e. The van der Waals surface area contributed by atoms with Crippen LogP contribution in [0.25, 0.3) is 0 Å². The van der Waals surface area contributed by atoms with Gasteiger partial charge in [0.1, 0.15) is 5.76 Å². The van der Waals surface area contributed by atoms with Crippen molar-refractivity contribution in [1.82, 2.24) is 0 Å². The highest BCUT2D eigenvalue weighted by Gasteiger charge is 2.25. The Morgan fingerprint density at radius 3 is 2.92 bits per heavy atom. The molecule has 0 aromatic carbocycles. The molecule has 0 unspecified atom stereocenters. The number of rotatable bonds is 3. The first-order valence-corrected chi connectivity index (χ1v) is 4.50. The van der Waals surface area contributed by atoms with Crippen molar-refractivity contribution in [3.63, 3.8) is 0 Å². The second kappa shape index (κ2) is 3.21. The van der Waals surface area contributed by atoms with Crippen molar-refractivity contribution in [1.29, 1.82) is 0 Å². The van der Waals surface area contributed by atoms with E-state index in [1.807, 2.05) is 6.08 Å². The number of methoxy groups -OCH3 is 1. The van der Waals surface area contributed by atoms with E-state index >= 15 is 0 Å². The van der Waals surface area contributed by atoms with E-state index in [4.69, 9.17) is 9.47 Å². The van der Waals surface area contributed by atoms with Crippen LogP contribution < -0.4 is 0 Å². The van der Waals surface area contributed by atoms with Crippen LogP contribution in [-0.4, -0.2) is 13.2 Å². The third-order valence-electron chi connectivity index (χ3n) is 2.15. The summed E-state index contributed by atoms with van der Waals surface area (Å²) < 4.78 is 10.9. The van der Waals surface area contributed by atoms with Crippen molar-refractivity contribution in [2.45, 2.75) is 31.8 Å². The Morgan fingerprint density at radius 1 is 1.42 bits per heavy atom. The minimum Gasteiger partial charge on any atom is -0.497 e. The third-order valence-corrected chi connectivity index (χ3v) is 2.15. The maximum absolute atomic E-state index is 5.67. The Bertz CT molecular complexity index is 224. The Kier molecular flexibility index (Phi) is 2.07. The zero-order chi connectivity index (χ0) is 8.39. The van der Waals surface area contributed by atoms with Gasteiger partial charge in [-0.1, -0.05) is 6.08 Å². The average molecular weight is 166 g/mol. The van der Waals surface area contributed by atoms with Crippen LogP contribution in [0, 0.1) is 0 Å². The van der Waals surface area contributed by atoms with Gasteiger partial charge < -0.3 is 9.47 Å². The minimum absolute atomic E-state index is 0.466. The summed E-state index contributed by atoms with van der Waals surface area (Å²) in [6, 6.07) is 0. The van der Waals surface area contributed by atoms with Crippen molar-refractivity contribution < 1.29 is 9.47 Å². The van der Waals surface area contributed by atoms with Crippen LogP contribution in [0.15, 0.2) is 23.7 Å². The molecule has 0 bridgehead atoms. The molecule has 0 saturated heterocycles. The highest BCUT2D eigenvalue weighted by Crippen LogP contribution is 2.30. The first-order valence-electron chi connectivity index (χ1n) is 4.50. The van der Waals surface area contributed by atoms with Crippen molar-refractivity contribution in [3.05, 3.63) is 23.7 Å². The summed E-state index contributed by atoms with van der Waals surface area (Å²) >= 11 is 0. The molecule has 0 atom stereocenters. The van der Waals surface area contributed by atoms with Crippen molar-refractivity contribution in [2.24, 2.45) is 0 Å². The fourth-order valence-corrected chi connectivity index (χ4v) is 1.29. The van der Waals surface area contributed by atoms with E-state index < -0.39 is 0 Å². The van der Waals surface area contributed by atoms with Crippen LogP contribution in [0.1, 0.15) is 25.7 Å². The quantitative estimate of drug-likeness (QED) is 0.640. The number of allylic oxidation sites excluding steroid dienone is 3. The van der Waals surface area contributed by atoms with Crippen LogP contribution in [-0.2, 0) is 9.47 Å². The number of hydrogen-bond donors (Lipinski definition) is 0. The smallest absolute Gasteiger partial charge is 0.156 e. The van der Waals surface area contributed by atoms with Gasteiger partial charge >= 0.3 is 0 Å². The fraction of sp³-hybridized carbons (Fsp3) is 0.600. The first-order chi connectivity index (χ1) is 5.90. The zero-order valence-electron chi connectivity index (χ0n) is 7.38. The van der Waals surface area contributed by atoms with Crippen molar-refractivity contribution >= 4 is 0 Å². The molecule has 1 saturated carbocycles. The van der Waals surface area contributed by atoms with Gasteiger partial charge in [-0.25, -0.2) is 0 Å². The fourth-order valence-electron chi connectivity index (χ4n) is 1.29. The van der Waals surface area contributed by atoms with Gasteiger partial charge in [-0.15, -0.1) is 0 Å². The first kappa shape index (κ1) is 7.71. The molecule has 0 spiro atoms. The van der Waals surface area contributed by atoms with E-state index in [0.717, 1.165) is 24.4 Å². The lowest BCUT2D eigenvalue weighted by atomic mass is 10.1. The predicted octanol–water partition coefficient (Wildman–Crippen LogP) is 2.37. The van der Waals surface area contributed by atoms with E-state index in [0.29, 0.717) is 6.10 Å². The van der Waals surface area contributed by atoms with Gasteiger partial charge in [-0.2, -0.15) is 0 Å². The normalized spacial score (nSPS) is 22.8. The molecule has 66 valence electrons. The van der Waals surface area contributed by atoms with Crippen LogP contribution in [0.3, 0.4) is 0 Å². The lowest BCUT2D eigenvalue weighted by molar-refractivity contribution is 0.169. The van der Waals surface area contributed by atoms with Crippen LogP contribution in [0.5, 0.6) is 0 Å². The molecular formula is C10H14O2. The second-order valence-electron chi connectivity index (χ2n) is 3.25. The van der Waals surface area contributed by atoms with Gasteiger partial charge in [0.05, 0.1) is 13.2 Å². The van der Waals surface area contributed by atoms with Crippen molar-refractivity contribution in [2.75, 3.05) is 7.11 Å². The molecule has 0 radical (unpaired) electrons. The lowest BCUT2D eigenvalue weighted by Gasteiger charge is -2.14. The Balaban J connectivity index is 2.04. The topological polar surface area (TPSA) is 18.5 Å². The summed E-state index contributed by atoms with van der Waals surface area (Å²) in [6.07, 6.45) is 9.09. The summed E-state index contributed by atoms with van der Waals surface area (Å²) in [5.41, 5.74) is 0. The predicted molar refractivity (Wildman–Crippen MR) is 46.5 cm³/mol. The van der Waals surface area contributed by atoms with Crippen LogP contribution in [0.2, 0.25) is 0 Å². The zero-order valence-corrected chi connectivity index (χ0v) is 7.38. The maximum Gasteiger partial charge on any atom is 0.156 e. The summed E-state index contributed by atoms with van der Waals surface area (Å²) in [7, 11) is 1.71. The van der Waals surface area contributed by atoms with Crippen LogP contribution in [0.4, 0.5) is 0 Å². The number of ether oxygens (including phenoxy) is 2. The molecule has 12 heavy (non-hydrogen) atoms. The molecule has 0 amide bonds. The Morgan fingerprint density at radius 2 is 2.25 bits per heavy atom. The molecule has 0 aromatic rings. The minimum atomic E-state index is 0.466. The molecule has 2 heteroatoms. The highest BCUT2D eigenvalue weighted by molar-refractivity contribution is 5.21. The van der Waals surface area contributed by atoms with E-state index in [1.54, 1.807) is 7.11 Å². The summed E-state index contributed by atoms with van der Waals surface area (Å²) in [5.74, 6) is 1.95. The Labute approximate surface area is 72.9 Å². The molecule has 1 fully saturated rings. The van der Waals surface area contributed by atoms with Gasteiger partial charge in [0.15, 0.2) is 5.76 Å². The van der Waals surface area contributed by atoms with E-state index in [-0.39, 0.29) is 0 Å². The van der Waals surface area contributed by atoms with Gasteiger partial charge in [0.25, 0.3) is 0 Å². The lowest BCUT2D eigenvalue weighted by Crippen LogP contribution is -2.02. The second-order valence-corrected chi connectivity index (χ2v) is 3.25. The van der Waals surface area contributed by atoms with Gasteiger partial charge in [-0.3, -0.25) is 0 Å². The molecule has 2 aliphatic carbocycles. The monoisotopic (exact) mass is 166 g/mol. The summed E-state index contributed by atoms with van der Waals surface area (Å²) in [6.45, 7) is 0. The molecular weight excluding hydrogens is 152 g/mol.